The van der Waals surface area contributed by atoms with Crippen molar-refractivity contribution in [2.45, 2.75) is 33.6 Å². The second-order valence-corrected chi connectivity index (χ2v) is 7.84. The molecule has 2 amide bonds. The van der Waals surface area contributed by atoms with Gasteiger partial charge in [-0.25, -0.2) is 9.97 Å². The molecule has 8 nitrogen and oxygen atoms in total. The van der Waals surface area contributed by atoms with E-state index >= 15 is 0 Å². The Bertz CT molecular complexity index is 1240. The van der Waals surface area contributed by atoms with E-state index in [4.69, 9.17) is 0 Å². The molecule has 0 unspecified atom stereocenters. The van der Waals surface area contributed by atoms with Crippen molar-refractivity contribution in [2.24, 2.45) is 0 Å². The van der Waals surface area contributed by atoms with E-state index in [1.807, 2.05) is 32.9 Å². The fraction of sp³-hybridized carbons (Fsp3) is 0.250. The van der Waals surface area contributed by atoms with Gasteiger partial charge in [-0.1, -0.05) is 18.3 Å². The van der Waals surface area contributed by atoms with Crippen molar-refractivity contribution in [3.63, 3.8) is 0 Å². The SMILES string of the molecule is CCCC(=O)Nc1nc2ccc(NC(=O)c3cc(C)nc4n[nH]c(C)c34)cc2s1. The molecular formula is C20H20N6O2S. The zero-order valence-corrected chi connectivity index (χ0v) is 17.1. The second-order valence-electron chi connectivity index (χ2n) is 6.81. The highest BCUT2D eigenvalue weighted by Crippen LogP contribution is 2.29. The molecule has 148 valence electrons. The van der Waals surface area contributed by atoms with E-state index in [1.165, 1.54) is 11.3 Å². The molecule has 0 fully saturated rings. The number of carbonyl (C=O) groups is 2. The van der Waals surface area contributed by atoms with Crippen LogP contribution in [0.5, 0.6) is 0 Å². The number of aromatic nitrogens is 4. The second kappa shape index (κ2) is 7.59. The summed E-state index contributed by atoms with van der Waals surface area (Å²) in [6.07, 6.45) is 1.25. The molecule has 0 aliphatic heterocycles. The fourth-order valence-electron chi connectivity index (χ4n) is 3.14. The fourth-order valence-corrected chi connectivity index (χ4v) is 4.06. The Morgan fingerprint density at radius 1 is 1.14 bits per heavy atom. The average molecular weight is 408 g/mol. The van der Waals surface area contributed by atoms with Gasteiger partial charge in [-0.3, -0.25) is 14.7 Å². The molecule has 0 atom stereocenters. The van der Waals surface area contributed by atoms with Gasteiger partial charge in [-0.05, 0) is 44.5 Å². The van der Waals surface area contributed by atoms with Crippen LogP contribution in [0.4, 0.5) is 10.8 Å². The van der Waals surface area contributed by atoms with Gasteiger partial charge >= 0.3 is 0 Å². The van der Waals surface area contributed by atoms with E-state index in [9.17, 15) is 9.59 Å². The molecule has 0 saturated heterocycles. The molecule has 3 N–H and O–H groups in total. The first-order valence-electron chi connectivity index (χ1n) is 9.28. The lowest BCUT2D eigenvalue weighted by atomic mass is 10.1. The number of thiazole rings is 1. The summed E-state index contributed by atoms with van der Waals surface area (Å²) < 4.78 is 0.880. The van der Waals surface area contributed by atoms with Crippen molar-refractivity contribution < 1.29 is 9.59 Å². The normalized spacial score (nSPS) is 11.1. The third-order valence-corrected chi connectivity index (χ3v) is 5.38. The quantitative estimate of drug-likeness (QED) is 0.459. The van der Waals surface area contributed by atoms with Crippen molar-refractivity contribution in [1.82, 2.24) is 20.2 Å². The molecule has 0 saturated carbocycles. The van der Waals surface area contributed by atoms with Gasteiger partial charge in [0.25, 0.3) is 5.91 Å². The zero-order valence-electron chi connectivity index (χ0n) is 16.3. The number of hydrogen-bond donors (Lipinski definition) is 3. The summed E-state index contributed by atoms with van der Waals surface area (Å²) in [6, 6.07) is 7.24. The zero-order chi connectivity index (χ0) is 20.5. The lowest BCUT2D eigenvalue weighted by molar-refractivity contribution is -0.116. The van der Waals surface area contributed by atoms with E-state index in [2.05, 4.69) is 30.8 Å². The monoisotopic (exact) mass is 408 g/mol. The van der Waals surface area contributed by atoms with Crippen LogP contribution in [0.1, 0.15) is 41.5 Å². The summed E-state index contributed by atoms with van der Waals surface area (Å²) in [5, 5.41) is 14.1. The number of nitrogens with one attached hydrogen (secondary N) is 3. The highest BCUT2D eigenvalue weighted by molar-refractivity contribution is 7.22. The summed E-state index contributed by atoms with van der Waals surface area (Å²) in [6.45, 7) is 5.65. The van der Waals surface area contributed by atoms with Gasteiger partial charge in [0.15, 0.2) is 10.8 Å². The van der Waals surface area contributed by atoms with Crippen LogP contribution in [0.3, 0.4) is 0 Å². The van der Waals surface area contributed by atoms with Gasteiger partial charge in [-0.2, -0.15) is 5.10 Å². The minimum absolute atomic E-state index is 0.0485. The smallest absolute Gasteiger partial charge is 0.256 e. The van der Waals surface area contributed by atoms with Crippen molar-refractivity contribution in [1.29, 1.82) is 0 Å². The van der Waals surface area contributed by atoms with Crippen LogP contribution in [-0.2, 0) is 4.79 Å². The molecule has 0 aliphatic carbocycles. The van der Waals surface area contributed by atoms with Crippen molar-refractivity contribution in [3.8, 4) is 0 Å². The first kappa shape index (κ1) is 19.0. The highest BCUT2D eigenvalue weighted by Gasteiger charge is 2.17. The summed E-state index contributed by atoms with van der Waals surface area (Å²) in [5.74, 6) is -0.280. The van der Waals surface area contributed by atoms with Crippen molar-refractivity contribution in [3.05, 3.63) is 41.2 Å². The Morgan fingerprint density at radius 2 is 1.97 bits per heavy atom. The van der Waals surface area contributed by atoms with E-state index in [1.54, 1.807) is 12.1 Å². The van der Waals surface area contributed by atoms with E-state index < -0.39 is 0 Å². The molecule has 4 rings (SSSR count). The average Bonchev–Trinajstić information content (AvgIpc) is 3.23. The first-order valence-corrected chi connectivity index (χ1v) is 10.1. The molecule has 0 spiro atoms. The number of hydrogen-bond acceptors (Lipinski definition) is 6. The number of carbonyl (C=O) groups excluding carboxylic acids is 2. The maximum atomic E-state index is 12.9. The Hall–Kier alpha value is -3.33. The largest absolute Gasteiger partial charge is 0.322 e. The molecule has 0 aliphatic rings. The number of benzene rings is 1. The molecule has 4 aromatic rings. The van der Waals surface area contributed by atoms with Crippen LogP contribution in [0.25, 0.3) is 21.3 Å². The van der Waals surface area contributed by atoms with Gasteiger partial charge < -0.3 is 10.6 Å². The predicted molar refractivity (Wildman–Crippen MR) is 114 cm³/mol. The van der Waals surface area contributed by atoms with Crippen LogP contribution < -0.4 is 10.6 Å². The number of aryl methyl sites for hydroxylation is 2. The number of pyridine rings is 1. The van der Waals surface area contributed by atoms with Gasteiger partial charge in [0.1, 0.15) is 0 Å². The van der Waals surface area contributed by atoms with Crippen molar-refractivity contribution in [2.75, 3.05) is 10.6 Å². The Kier molecular flexibility index (Phi) is 4.98. The predicted octanol–water partition coefficient (Wildman–Crippen LogP) is 4.18. The van der Waals surface area contributed by atoms with Crippen LogP contribution in [-0.4, -0.2) is 32.0 Å². The van der Waals surface area contributed by atoms with E-state index in [0.717, 1.165) is 28.0 Å². The summed E-state index contributed by atoms with van der Waals surface area (Å²) >= 11 is 1.38. The Morgan fingerprint density at radius 3 is 2.76 bits per heavy atom. The maximum Gasteiger partial charge on any atom is 0.256 e. The molecule has 3 aromatic heterocycles. The molecule has 0 radical (unpaired) electrons. The molecule has 29 heavy (non-hydrogen) atoms. The van der Waals surface area contributed by atoms with Crippen molar-refractivity contribution >= 4 is 55.2 Å². The minimum atomic E-state index is -0.231. The molecule has 9 heteroatoms. The van der Waals surface area contributed by atoms with E-state index in [-0.39, 0.29) is 11.8 Å². The standard InChI is InChI=1S/C20H20N6O2S/c1-4-5-16(27)24-20-23-14-7-6-12(9-15(14)29-20)22-19(28)13-8-10(2)21-18-17(13)11(3)25-26-18/h6-9H,4-5H2,1-3H3,(H,22,28)(H,21,25,26)(H,23,24,27). The first-order chi connectivity index (χ1) is 13.9. The Labute approximate surface area is 170 Å². The molecule has 0 bridgehead atoms. The van der Waals surface area contributed by atoms with Crippen LogP contribution in [0.15, 0.2) is 24.3 Å². The number of rotatable bonds is 5. The number of fused-ring (bicyclic) bond motifs is 2. The third-order valence-electron chi connectivity index (χ3n) is 4.45. The van der Waals surface area contributed by atoms with Gasteiger partial charge in [0, 0.05) is 23.5 Å². The summed E-state index contributed by atoms with van der Waals surface area (Å²) in [4.78, 5) is 33.5. The number of anilines is 2. The highest BCUT2D eigenvalue weighted by atomic mass is 32.1. The molecule has 3 heterocycles. The number of nitrogens with zero attached hydrogens (tertiary/aromatic N) is 3. The minimum Gasteiger partial charge on any atom is -0.322 e. The lowest BCUT2D eigenvalue weighted by Crippen LogP contribution is -2.13. The van der Waals surface area contributed by atoms with Crippen LogP contribution in [0.2, 0.25) is 0 Å². The van der Waals surface area contributed by atoms with E-state index in [0.29, 0.717) is 33.8 Å². The topological polar surface area (TPSA) is 113 Å². The van der Waals surface area contributed by atoms with Gasteiger partial charge in [0.2, 0.25) is 5.91 Å². The summed E-state index contributed by atoms with van der Waals surface area (Å²) in [7, 11) is 0. The third kappa shape index (κ3) is 3.81. The number of H-pyrrole nitrogens is 1. The molecular weight excluding hydrogens is 388 g/mol. The van der Waals surface area contributed by atoms with Crippen LogP contribution in [0, 0.1) is 13.8 Å². The van der Waals surface area contributed by atoms with Crippen LogP contribution >= 0.6 is 11.3 Å². The molecule has 1 aromatic carbocycles. The maximum absolute atomic E-state index is 12.9. The van der Waals surface area contributed by atoms with Gasteiger partial charge in [0.05, 0.1) is 21.2 Å². The number of amides is 2. The summed E-state index contributed by atoms with van der Waals surface area (Å²) in [5.41, 5.74) is 3.99. The lowest BCUT2D eigenvalue weighted by Gasteiger charge is -2.07. The number of aromatic amines is 1. The Balaban J connectivity index is 1.60. The van der Waals surface area contributed by atoms with Gasteiger partial charge in [-0.15, -0.1) is 0 Å².